The van der Waals surface area contributed by atoms with Crippen molar-refractivity contribution in [3.05, 3.63) is 33.3 Å². The largest absolute Gasteiger partial charge is 0.232 e. The zero-order valence-corrected chi connectivity index (χ0v) is 8.23. The molecule has 1 aromatic carbocycles. The van der Waals surface area contributed by atoms with Gasteiger partial charge in [0.05, 0.1) is 0 Å². The zero-order valence-electron chi connectivity index (χ0n) is 6.65. The van der Waals surface area contributed by atoms with E-state index in [0.29, 0.717) is 0 Å². The lowest BCUT2D eigenvalue weighted by Gasteiger charge is -2.05. The maximum atomic E-state index is 10.7. The van der Waals surface area contributed by atoms with Crippen LogP contribution in [-0.2, 0) is 11.7 Å². The van der Waals surface area contributed by atoms with Crippen molar-refractivity contribution in [3.8, 4) is 0 Å². The van der Waals surface area contributed by atoms with E-state index in [9.17, 15) is 5.11 Å². The van der Waals surface area contributed by atoms with Gasteiger partial charge in [0, 0.05) is 4.47 Å². The highest BCUT2D eigenvalue weighted by Gasteiger charge is 2.02. The molecule has 1 nitrogen and oxygen atoms in total. The lowest BCUT2D eigenvalue weighted by molar-refractivity contribution is 0.176. The summed E-state index contributed by atoms with van der Waals surface area (Å²) in [5, 5.41) is 10.7. The van der Waals surface area contributed by atoms with E-state index in [2.05, 4.69) is 15.9 Å². The fourth-order valence-corrected chi connectivity index (χ4v) is 1.92. The molecule has 0 aliphatic carbocycles. The second kappa shape index (κ2) is 3.37. The predicted molar refractivity (Wildman–Crippen MR) is 48.0 cm³/mol. The Kier molecular flexibility index (Phi) is 2.68. The summed E-state index contributed by atoms with van der Waals surface area (Å²) in [6.45, 7) is 3.84. The SMILES string of the molecule is Cc1cc(C)c(C[O])c(Br)c1. The standard InChI is InChI=1S/C9H10BrO/c1-6-3-7(2)8(5-11)9(10)4-6/h3-4H,5H2,1-2H3. The summed E-state index contributed by atoms with van der Waals surface area (Å²) in [7, 11) is 0. The minimum absolute atomic E-state index is 0.146. The first-order valence-corrected chi connectivity index (χ1v) is 4.28. The molecule has 0 N–H and O–H groups in total. The van der Waals surface area contributed by atoms with Gasteiger partial charge in [-0.25, -0.2) is 5.11 Å². The number of hydrogen-bond donors (Lipinski definition) is 0. The molecule has 0 amide bonds. The Bertz CT molecular complexity index is 245. The van der Waals surface area contributed by atoms with Crippen molar-refractivity contribution in [2.45, 2.75) is 20.5 Å². The molecule has 0 saturated heterocycles. The average molecular weight is 214 g/mol. The van der Waals surface area contributed by atoms with E-state index in [4.69, 9.17) is 0 Å². The lowest BCUT2D eigenvalue weighted by Crippen LogP contribution is -1.90. The number of rotatable bonds is 1. The summed E-state index contributed by atoms with van der Waals surface area (Å²) >= 11 is 3.36. The minimum atomic E-state index is -0.146. The number of benzene rings is 1. The number of hydrogen-bond acceptors (Lipinski definition) is 0. The van der Waals surface area contributed by atoms with Gasteiger partial charge in [0.1, 0.15) is 6.61 Å². The minimum Gasteiger partial charge on any atom is -0.232 e. The Labute approximate surface area is 75.2 Å². The predicted octanol–water partition coefficient (Wildman–Crippen LogP) is 3.00. The molecule has 0 unspecified atom stereocenters. The zero-order chi connectivity index (χ0) is 8.43. The van der Waals surface area contributed by atoms with Crippen LogP contribution in [0, 0.1) is 13.8 Å². The molecule has 0 bridgehead atoms. The van der Waals surface area contributed by atoms with Gasteiger partial charge in [-0.3, -0.25) is 0 Å². The number of aryl methyl sites for hydroxylation is 2. The molecule has 0 aromatic heterocycles. The van der Waals surface area contributed by atoms with E-state index in [1.165, 1.54) is 5.56 Å². The van der Waals surface area contributed by atoms with Crippen molar-refractivity contribution < 1.29 is 5.11 Å². The van der Waals surface area contributed by atoms with Gasteiger partial charge in [0.15, 0.2) is 0 Å². The van der Waals surface area contributed by atoms with Gasteiger partial charge >= 0.3 is 0 Å². The van der Waals surface area contributed by atoms with Crippen LogP contribution in [0.3, 0.4) is 0 Å². The molecule has 0 aliphatic rings. The summed E-state index contributed by atoms with van der Waals surface area (Å²) in [6.07, 6.45) is 0. The van der Waals surface area contributed by atoms with Crippen LogP contribution in [0.2, 0.25) is 0 Å². The molecular weight excluding hydrogens is 204 g/mol. The molecule has 59 valence electrons. The highest BCUT2D eigenvalue weighted by atomic mass is 79.9. The van der Waals surface area contributed by atoms with Gasteiger partial charge in [-0.1, -0.05) is 22.0 Å². The van der Waals surface area contributed by atoms with Crippen molar-refractivity contribution in [1.82, 2.24) is 0 Å². The maximum absolute atomic E-state index is 10.7. The highest BCUT2D eigenvalue weighted by Crippen LogP contribution is 2.22. The van der Waals surface area contributed by atoms with Crippen LogP contribution in [0.4, 0.5) is 0 Å². The van der Waals surface area contributed by atoms with Crippen molar-refractivity contribution in [2.75, 3.05) is 0 Å². The molecule has 0 saturated carbocycles. The van der Waals surface area contributed by atoms with Crippen molar-refractivity contribution >= 4 is 15.9 Å². The highest BCUT2D eigenvalue weighted by molar-refractivity contribution is 9.10. The molecule has 0 atom stereocenters. The molecule has 0 fully saturated rings. The first kappa shape index (κ1) is 8.75. The van der Waals surface area contributed by atoms with Crippen molar-refractivity contribution in [1.29, 1.82) is 0 Å². The van der Waals surface area contributed by atoms with Gasteiger partial charge in [-0.15, -0.1) is 0 Å². The molecule has 2 heteroatoms. The second-order valence-electron chi connectivity index (χ2n) is 2.69. The third-order valence-electron chi connectivity index (χ3n) is 1.71. The van der Waals surface area contributed by atoms with E-state index < -0.39 is 0 Å². The summed E-state index contributed by atoms with van der Waals surface area (Å²) in [5.74, 6) is 0. The Balaban J connectivity index is 3.25. The maximum Gasteiger partial charge on any atom is 0.109 e. The van der Waals surface area contributed by atoms with E-state index in [1.807, 2.05) is 26.0 Å². The van der Waals surface area contributed by atoms with E-state index in [-0.39, 0.29) is 6.61 Å². The number of halogens is 1. The third-order valence-corrected chi connectivity index (χ3v) is 2.41. The second-order valence-corrected chi connectivity index (χ2v) is 3.54. The van der Waals surface area contributed by atoms with Crippen LogP contribution < -0.4 is 0 Å². The van der Waals surface area contributed by atoms with Gasteiger partial charge in [0.25, 0.3) is 0 Å². The van der Waals surface area contributed by atoms with Crippen LogP contribution in [-0.4, -0.2) is 0 Å². The van der Waals surface area contributed by atoms with Crippen LogP contribution in [0.25, 0.3) is 0 Å². The third kappa shape index (κ3) is 1.82. The Morgan fingerprint density at radius 2 is 2.00 bits per heavy atom. The molecule has 11 heavy (non-hydrogen) atoms. The summed E-state index contributed by atoms with van der Waals surface area (Å²) in [6, 6.07) is 4.00. The van der Waals surface area contributed by atoms with E-state index in [0.717, 1.165) is 15.6 Å². The lowest BCUT2D eigenvalue weighted by atomic mass is 10.1. The van der Waals surface area contributed by atoms with Crippen molar-refractivity contribution in [3.63, 3.8) is 0 Å². The Morgan fingerprint density at radius 3 is 2.45 bits per heavy atom. The Morgan fingerprint density at radius 1 is 1.36 bits per heavy atom. The smallest absolute Gasteiger partial charge is 0.109 e. The summed E-state index contributed by atoms with van der Waals surface area (Å²) in [5.41, 5.74) is 3.13. The summed E-state index contributed by atoms with van der Waals surface area (Å²) < 4.78 is 0.935. The normalized spacial score (nSPS) is 10.2. The van der Waals surface area contributed by atoms with Crippen LogP contribution >= 0.6 is 15.9 Å². The van der Waals surface area contributed by atoms with Crippen LogP contribution in [0.15, 0.2) is 16.6 Å². The monoisotopic (exact) mass is 213 g/mol. The van der Waals surface area contributed by atoms with E-state index in [1.54, 1.807) is 0 Å². The van der Waals surface area contributed by atoms with Gasteiger partial charge in [-0.2, -0.15) is 0 Å². The molecule has 1 radical (unpaired) electrons. The Hall–Kier alpha value is -0.340. The molecule has 0 spiro atoms. The summed E-state index contributed by atoms with van der Waals surface area (Å²) in [4.78, 5) is 0. The molecule has 1 aromatic rings. The molecule has 0 heterocycles. The van der Waals surface area contributed by atoms with E-state index >= 15 is 0 Å². The topological polar surface area (TPSA) is 19.9 Å². The van der Waals surface area contributed by atoms with Gasteiger partial charge in [-0.05, 0) is 36.6 Å². The molecular formula is C9H10BrO. The van der Waals surface area contributed by atoms with Crippen LogP contribution in [0.1, 0.15) is 16.7 Å². The fourth-order valence-electron chi connectivity index (χ4n) is 1.13. The molecule has 1 rings (SSSR count). The van der Waals surface area contributed by atoms with Gasteiger partial charge < -0.3 is 0 Å². The van der Waals surface area contributed by atoms with Gasteiger partial charge in [0.2, 0.25) is 0 Å². The van der Waals surface area contributed by atoms with Crippen molar-refractivity contribution in [2.24, 2.45) is 0 Å². The van der Waals surface area contributed by atoms with Crippen LogP contribution in [0.5, 0.6) is 0 Å². The first-order chi connectivity index (χ1) is 5.15. The first-order valence-electron chi connectivity index (χ1n) is 3.49. The quantitative estimate of drug-likeness (QED) is 0.684. The molecule has 0 aliphatic heterocycles. The average Bonchev–Trinajstić information content (AvgIpc) is 1.85. The fraction of sp³-hybridized carbons (Fsp3) is 0.333.